The lowest BCUT2D eigenvalue weighted by Gasteiger charge is -2.50. The molecule has 2 aliphatic heterocycles. The maximum atomic E-state index is 13.9. The lowest BCUT2D eigenvalue weighted by molar-refractivity contribution is -0.151. The molecule has 3 aromatic heterocycles. The quantitative estimate of drug-likeness (QED) is 0.253. The second kappa shape index (κ2) is 10.5. The van der Waals surface area contributed by atoms with Gasteiger partial charge in [0.25, 0.3) is 0 Å². The number of hydrogen-bond donors (Lipinski definition) is 1. The largest absolute Gasteiger partial charge is 0.326 e. The molecule has 4 aromatic rings. The number of aryl methyl sites for hydroxylation is 1. The minimum absolute atomic E-state index is 0.00837. The molecule has 40 heavy (non-hydrogen) atoms. The highest BCUT2D eigenvalue weighted by Gasteiger charge is 2.47. The number of amides is 2. The molecule has 1 atom stereocenters. The van der Waals surface area contributed by atoms with Crippen molar-refractivity contribution in [1.82, 2.24) is 29.6 Å². The summed E-state index contributed by atoms with van der Waals surface area (Å²) >= 11 is 3.34. The van der Waals surface area contributed by atoms with Crippen LogP contribution in [0, 0.1) is 12.8 Å². The number of halogens is 1. The lowest BCUT2D eigenvalue weighted by Crippen LogP contribution is -2.62. The molecule has 1 saturated carbocycles. The Morgan fingerprint density at radius 2 is 1.77 bits per heavy atom. The van der Waals surface area contributed by atoms with Crippen LogP contribution in [0.25, 0.3) is 22.0 Å². The normalized spacial score (nSPS) is 20.1. The highest BCUT2D eigenvalue weighted by Crippen LogP contribution is 2.40. The van der Waals surface area contributed by atoms with E-state index in [1.807, 2.05) is 25.1 Å². The zero-order valence-electron chi connectivity index (χ0n) is 22.2. The number of carbonyl (C=O) groups excluding carboxylic acids is 3. The third-order valence-corrected chi connectivity index (χ3v) is 8.33. The van der Waals surface area contributed by atoms with E-state index >= 15 is 0 Å². The van der Waals surface area contributed by atoms with Crippen molar-refractivity contribution in [1.29, 1.82) is 0 Å². The van der Waals surface area contributed by atoms with Crippen LogP contribution in [0.5, 0.6) is 0 Å². The Balaban J connectivity index is 1.30. The van der Waals surface area contributed by atoms with Gasteiger partial charge in [-0.25, -0.2) is 15.0 Å². The van der Waals surface area contributed by atoms with Crippen LogP contribution < -0.4 is 5.32 Å². The predicted octanol–water partition coefficient (Wildman–Crippen LogP) is 4.57. The Bertz CT molecular complexity index is 1630. The minimum Gasteiger partial charge on any atom is -0.326 e. The Morgan fingerprint density at radius 3 is 2.48 bits per heavy atom. The van der Waals surface area contributed by atoms with Crippen molar-refractivity contribution in [2.45, 2.75) is 58.2 Å². The van der Waals surface area contributed by atoms with E-state index in [0.717, 1.165) is 36.8 Å². The van der Waals surface area contributed by atoms with Crippen LogP contribution in [0.2, 0.25) is 0 Å². The van der Waals surface area contributed by atoms with Crippen LogP contribution in [-0.4, -0.2) is 59.3 Å². The summed E-state index contributed by atoms with van der Waals surface area (Å²) in [5.41, 5.74) is 2.65. The Labute approximate surface area is 239 Å². The number of Topliss-reactive ketones (excluding diaryl/α,β-unsaturated/α-hetero) is 1. The second-order valence-corrected chi connectivity index (χ2v) is 11.3. The van der Waals surface area contributed by atoms with Crippen LogP contribution >= 0.6 is 15.9 Å². The third-order valence-electron chi connectivity index (χ3n) is 7.89. The van der Waals surface area contributed by atoms with E-state index < -0.39 is 6.04 Å². The van der Waals surface area contributed by atoms with Crippen molar-refractivity contribution in [3.05, 3.63) is 64.9 Å². The van der Waals surface area contributed by atoms with Gasteiger partial charge in [0.05, 0.1) is 5.52 Å². The summed E-state index contributed by atoms with van der Waals surface area (Å²) in [4.78, 5) is 54.5. The van der Waals surface area contributed by atoms with E-state index in [9.17, 15) is 14.4 Å². The molecule has 7 rings (SSSR count). The first-order valence-corrected chi connectivity index (χ1v) is 14.1. The molecule has 3 fully saturated rings. The Kier molecular flexibility index (Phi) is 6.91. The Hall–Kier alpha value is -3.99. The highest BCUT2D eigenvalue weighted by molar-refractivity contribution is 9.10. The number of fused-ring (bicyclic) bond motifs is 4. The van der Waals surface area contributed by atoms with Gasteiger partial charge in [0, 0.05) is 36.3 Å². The van der Waals surface area contributed by atoms with Crippen LogP contribution in [-0.2, 0) is 16.1 Å². The van der Waals surface area contributed by atoms with Gasteiger partial charge < -0.3 is 10.2 Å². The van der Waals surface area contributed by atoms with E-state index in [1.54, 1.807) is 40.2 Å². The number of nitrogens with zero attached hydrogens (tertiary/aromatic N) is 6. The molecule has 0 spiro atoms. The van der Waals surface area contributed by atoms with Crippen LogP contribution in [0.1, 0.15) is 48.9 Å². The van der Waals surface area contributed by atoms with Crippen molar-refractivity contribution in [2.75, 3.05) is 5.32 Å². The van der Waals surface area contributed by atoms with Crippen molar-refractivity contribution in [2.24, 2.45) is 5.92 Å². The van der Waals surface area contributed by atoms with Gasteiger partial charge in [-0.1, -0.05) is 12.1 Å². The summed E-state index contributed by atoms with van der Waals surface area (Å²) in [5.74, 6) is 0.589. The highest BCUT2D eigenvalue weighted by atomic mass is 79.9. The first-order valence-electron chi connectivity index (χ1n) is 13.3. The predicted molar refractivity (Wildman–Crippen MR) is 152 cm³/mol. The molecule has 2 amide bonds. The first kappa shape index (κ1) is 26.2. The fraction of sp³-hybridized carbons (Fsp3) is 0.345. The molecule has 3 aliphatic rings. The van der Waals surface area contributed by atoms with Gasteiger partial charge in [0.2, 0.25) is 11.8 Å². The van der Waals surface area contributed by atoms with Gasteiger partial charge in [-0.2, -0.15) is 5.10 Å². The molecule has 10 nitrogen and oxygen atoms in total. The second-order valence-electron chi connectivity index (χ2n) is 10.5. The molecule has 1 N–H and O–H groups in total. The fourth-order valence-corrected chi connectivity index (χ4v) is 6.36. The number of anilines is 1. The molecule has 5 heterocycles. The molecule has 11 heteroatoms. The maximum Gasteiger partial charge on any atom is 0.248 e. The summed E-state index contributed by atoms with van der Waals surface area (Å²) in [6, 6.07) is 10.4. The number of benzene rings is 1. The lowest BCUT2D eigenvalue weighted by atomic mass is 9.74. The van der Waals surface area contributed by atoms with Crippen LogP contribution in [0.4, 0.5) is 5.82 Å². The zero-order valence-corrected chi connectivity index (χ0v) is 23.8. The van der Waals surface area contributed by atoms with Crippen LogP contribution in [0.3, 0.4) is 0 Å². The topological polar surface area (TPSA) is 123 Å². The molecule has 0 radical (unpaired) electrons. The fourth-order valence-electron chi connectivity index (χ4n) is 6.02. The average molecular weight is 602 g/mol. The van der Waals surface area contributed by atoms with Gasteiger partial charge in [0.15, 0.2) is 5.78 Å². The van der Waals surface area contributed by atoms with Crippen molar-refractivity contribution in [3.8, 4) is 11.1 Å². The summed E-state index contributed by atoms with van der Waals surface area (Å²) < 4.78 is 2.20. The summed E-state index contributed by atoms with van der Waals surface area (Å²) in [6.45, 7) is 3.22. The summed E-state index contributed by atoms with van der Waals surface area (Å²) in [5, 5.41) is 8.12. The van der Waals surface area contributed by atoms with Gasteiger partial charge in [-0.3, -0.25) is 19.1 Å². The van der Waals surface area contributed by atoms with Crippen molar-refractivity contribution < 1.29 is 14.4 Å². The van der Waals surface area contributed by atoms with Gasteiger partial charge in [-0.05, 0) is 84.3 Å². The number of nitrogens with one attached hydrogen (secondary N) is 1. The van der Waals surface area contributed by atoms with Gasteiger partial charge in [0.1, 0.15) is 34.5 Å². The van der Waals surface area contributed by atoms with Crippen LogP contribution in [0.15, 0.2) is 53.4 Å². The smallest absolute Gasteiger partial charge is 0.248 e. The molecule has 1 unspecified atom stereocenters. The number of carbonyl (C=O) groups is 3. The maximum absolute atomic E-state index is 13.9. The third kappa shape index (κ3) is 4.90. The van der Waals surface area contributed by atoms with Gasteiger partial charge >= 0.3 is 0 Å². The minimum atomic E-state index is -0.581. The number of ketones is 1. The summed E-state index contributed by atoms with van der Waals surface area (Å²) in [7, 11) is 0. The van der Waals surface area contributed by atoms with E-state index in [1.165, 1.54) is 6.92 Å². The molecule has 2 bridgehead atoms. The van der Waals surface area contributed by atoms with E-state index in [-0.39, 0.29) is 36.1 Å². The van der Waals surface area contributed by atoms with Crippen molar-refractivity contribution >= 4 is 50.2 Å². The number of hydrogen-bond acceptors (Lipinski definition) is 7. The standard InChI is InChI=1S/C29H28BrN7O3/c1-16(38)27-22-12-19(20-13-31-17(2)32-14-20)8-11-23(22)36(35-27)15-26(39)37-21-9-6-18(7-10-21)28(37)29(40)34-25-5-3-4-24(30)33-25/h3-5,8,11-14,18,21,28H,6-7,9-10,15H2,1-2H3,(H,33,34,40). The Morgan fingerprint density at radius 1 is 1.02 bits per heavy atom. The number of aromatic nitrogens is 5. The zero-order chi connectivity index (χ0) is 28.0. The van der Waals surface area contributed by atoms with E-state index in [2.05, 4.69) is 41.3 Å². The number of rotatable bonds is 6. The molecule has 1 aromatic carbocycles. The molecular weight excluding hydrogens is 574 g/mol. The van der Waals surface area contributed by atoms with E-state index in [4.69, 9.17) is 0 Å². The molecule has 2 saturated heterocycles. The monoisotopic (exact) mass is 601 g/mol. The van der Waals surface area contributed by atoms with Crippen molar-refractivity contribution in [3.63, 3.8) is 0 Å². The SMILES string of the molecule is CC(=O)c1nn(CC(=O)N2C3CCC(CC3)C2C(=O)Nc2cccc(Br)n2)c2ccc(-c3cnc(C)nc3)cc12. The summed E-state index contributed by atoms with van der Waals surface area (Å²) in [6.07, 6.45) is 7.04. The molecule has 204 valence electrons. The average Bonchev–Trinajstić information content (AvgIpc) is 3.31. The van der Waals surface area contributed by atoms with E-state index in [0.29, 0.717) is 32.8 Å². The molecular formula is C29H28BrN7O3. The number of piperidine rings is 2. The molecule has 1 aliphatic carbocycles. The first-order chi connectivity index (χ1) is 19.3. The van der Waals surface area contributed by atoms with Gasteiger partial charge in [-0.15, -0.1) is 0 Å². The number of pyridine rings is 1.